The summed E-state index contributed by atoms with van der Waals surface area (Å²) in [6.07, 6.45) is 5.58. The molecule has 1 aliphatic heterocycles. The second-order valence-corrected chi connectivity index (χ2v) is 6.84. The quantitative estimate of drug-likeness (QED) is 0.894. The SMILES string of the molecule is Cc1ccc(C(=O)NC2CC2)cc1N1N=CC(=Cc2ccccc2)C1N. The predicted molar refractivity (Wildman–Crippen MR) is 105 cm³/mol. The van der Waals surface area contributed by atoms with Crippen LogP contribution in [0.25, 0.3) is 6.08 Å². The van der Waals surface area contributed by atoms with Crippen LogP contribution < -0.4 is 16.1 Å². The van der Waals surface area contributed by atoms with Gasteiger partial charge in [-0.25, -0.2) is 5.01 Å². The van der Waals surface area contributed by atoms with Gasteiger partial charge in [-0.1, -0.05) is 36.4 Å². The normalized spacial score (nSPS) is 20.6. The lowest BCUT2D eigenvalue weighted by Gasteiger charge is -2.23. The molecule has 4 rings (SSSR count). The highest BCUT2D eigenvalue weighted by atomic mass is 16.1. The number of nitrogens with two attached hydrogens (primary N) is 1. The molecule has 0 spiro atoms. The van der Waals surface area contributed by atoms with Crippen molar-refractivity contribution in [2.75, 3.05) is 5.01 Å². The van der Waals surface area contributed by atoms with E-state index >= 15 is 0 Å². The Morgan fingerprint density at radius 2 is 2.00 bits per heavy atom. The molecule has 1 unspecified atom stereocenters. The van der Waals surface area contributed by atoms with Gasteiger partial charge in [0.1, 0.15) is 6.17 Å². The molecule has 26 heavy (non-hydrogen) atoms. The maximum Gasteiger partial charge on any atom is 0.251 e. The van der Waals surface area contributed by atoms with Crippen molar-refractivity contribution in [3.8, 4) is 0 Å². The lowest BCUT2D eigenvalue weighted by Crippen LogP contribution is -2.36. The molecule has 5 heteroatoms. The van der Waals surface area contributed by atoms with Crippen molar-refractivity contribution in [3.05, 3.63) is 70.8 Å². The number of hydrogen-bond donors (Lipinski definition) is 2. The Labute approximate surface area is 153 Å². The number of rotatable bonds is 4. The summed E-state index contributed by atoms with van der Waals surface area (Å²) in [5, 5.41) is 9.28. The van der Waals surface area contributed by atoms with E-state index in [1.807, 2.05) is 61.5 Å². The van der Waals surface area contributed by atoms with Crippen LogP contribution in [-0.2, 0) is 0 Å². The molecule has 1 amide bonds. The second-order valence-electron chi connectivity index (χ2n) is 6.84. The van der Waals surface area contributed by atoms with Gasteiger partial charge in [0.2, 0.25) is 0 Å². The Balaban J connectivity index is 1.58. The van der Waals surface area contributed by atoms with Crippen LogP contribution in [0.4, 0.5) is 5.69 Å². The van der Waals surface area contributed by atoms with Crippen molar-refractivity contribution in [1.82, 2.24) is 5.32 Å². The van der Waals surface area contributed by atoms with Gasteiger partial charge in [-0.05, 0) is 49.1 Å². The molecule has 2 aliphatic rings. The summed E-state index contributed by atoms with van der Waals surface area (Å²) in [6.45, 7) is 2.00. The van der Waals surface area contributed by atoms with Crippen molar-refractivity contribution < 1.29 is 4.79 Å². The number of hydrogen-bond acceptors (Lipinski definition) is 4. The summed E-state index contributed by atoms with van der Waals surface area (Å²) < 4.78 is 0. The number of carbonyl (C=O) groups excluding carboxylic acids is 1. The fourth-order valence-electron chi connectivity index (χ4n) is 2.99. The minimum Gasteiger partial charge on any atom is -0.349 e. The number of hydrazone groups is 1. The van der Waals surface area contributed by atoms with E-state index in [4.69, 9.17) is 5.73 Å². The topological polar surface area (TPSA) is 70.7 Å². The van der Waals surface area contributed by atoms with E-state index in [0.29, 0.717) is 11.6 Å². The summed E-state index contributed by atoms with van der Waals surface area (Å²) in [5.74, 6) is -0.0365. The largest absolute Gasteiger partial charge is 0.349 e. The van der Waals surface area contributed by atoms with Crippen LogP contribution in [0, 0.1) is 6.92 Å². The zero-order valence-electron chi connectivity index (χ0n) is 14.7. The van der Waals surface area contributed by atoms with E-state index in [9.17, 15) is 4.79 Å². The van der Waals surface area contributed by atoms with E-state index < -0.39 is 0 Å². The molecule has 1 aliphatic carbocycles. The Morgan fingerprint density at radius 1 is 1.23 bits per heavy atom. The molecule has 0 radical (unpaired) electrons. The highest BCUT2D eigenvalue weighted by molar-refractivity contribution is 5.96. The highest BCUT2D eigenvalue weighted by Gasteiger charge is 2.27. The van der Waals surface area contributed by atoms with Crippen LogP contribution >= 0.6 is 0 Å². The molecule has 132 valence electrons. The van der Waals surface area contributed by atoms with Crippen molar-refractivity contribution in [2.45, 2.75) is 32.0 Å². The molecular formula is C21H22N4O. The van der Waals surface area contributed by atoms with Gasteiger partial charge in [0.05, 0.1) is 11.9 Å². The number of nitrogens with zero attached hydrogens (tertiary/aromatic N) is 2. The van der Waals surface area contributed by atoms with Gasteiger partial charge in [-0.3, -0.25) is 4.79 Å². The molecule has 0 aromatic heterocycles. The van der Waals surface area contributed by atoms with E-state index in [1.54, 1.807) is 11.2 Å². The number of aryl methyl sites for hydroxylation is 1. The molecule has 1 fully saturated rings. The number of nitrogens with one attached hydrogen (secondary N) is 1. The molecule has 0 saturated heterocycles. The lowest BCUT2D eigenvalue weighted by molar-refractivity contribution is 0.0951. The molecule has 0 bridgehead atoms. The van der Waals surface area contributed by atoms with Crippen LogP contribution in [0.3, 0.4) is 0 Å². The predicted octanol–water partition coefficient (Wildman–Crippen LogP) is 3.06. The molecule has 2 aromatic rings. The first-order chi connectivity index (χ1) is 12.6. The Morgan fingerprint density at radius 3 is 2.73 bits per heavy atom. The van der Waals surface area contributed by atoms with Crippen LogP contribution in [-0.4, -0.2) is 24.3 Å². The molecule has 1 saturated carbocycles. The summed E-state index contributed by atoms with van der Waals surface area (Å²) in [6, 6.07) is 16.0. The van der Waals surface area contributed by atoms with Crippen molar-refractivity contribution >= 4 is 23.9 Å². The summed E-state index contributed by atoms with van der Waals surface area (Å²) in [7, 11) is 0. The Bertz CT molecular complexity index is 884. The molecule has 3 N–H and O–H groups in total. The smallest absolute Gasteiger partial charge is 0.251 e. The molecular weight excluding hydrogens is 324 g/mol. The van der Waals surface area contributed by atoms with Gasteiger partial charge < -0.3 is 11.1 Å². The zero-order valence-corrected chi connectivity index (χ0v) is 14.7. The Hall–Kier alpha value is -2.92. The van der Waals surface area contributed by atoms with Gasteiger partial charge in [0.15, 0.2) is 0 Å². The van der Waals surface area contributed by atoms with E-state index in [2.05, 4.69) is 10.4 Å². The zero-order chi connectivity index (χ0) is 18.1. The standard InChI is InChI=1S/C21H22N4O/c1-14-7-8-16(21(26)24-18-9-10-18)12-19(14)25-20(22)17(13-23-25)11-15-5-3-2-4-6-15/h2-8,11-13,18,20H,9-10,22H2,1H3,(H,24,26). The number of carbonyl (C=O) groups is 1. The van der Waals surface area contributed by atoms with E-state index in [0.717, 1.165) is 35.2 Å². The lowest BCUT2D eigenvalue weighted by atomic mass is 10.1. The summed E-state index contributed by atoms with van der Waals surface area (Å²) >= 11 is 0. The van der Waals surface area contributed by atoms with Crippen LogP contribution in [0.1, 0.15) is 34.3 Å². The third-order valence-corrected chi connectivity index (χ3v) is 4.70. The fourth-order valence-corrected chi connectivity index (χ4v) is 2.99. The summed E-state index contributed by atoms with van der Waals surface area (Å²) in [4.78, 5) is 12.3. The van der Waals surface area contributed by atoms with Crippen molar-refractivity contribution in [1.29, 1.82) is 0 Å². The van der Waals surface area contributed by atoms with Gasteiger partial charge in [-0.15, -0.1) is 0 Å². The minimum absolute atomic E-state index is 0.0365. The molecule has 2 aromatic carbocycles. The molecule has 5 nitrogen and oxygen atoms in total. The number of benzene rings is 2. The van der Waals surface area contributed by atoms with Crippen LogP contribution in [0.2, 0.25) is 0 Å². The van der Waals surface area contributed by atoms with Crippen LogP contribution in [0.5, 0.6) is 0 Å². The first kappa shape index (κ1) is 16.5. The fraction of sp³-hybridized carbons (Fsp3) is 0.238. The maximum absolute atomic E-state index is 12.3. The van der Waals surface area contributed by atoms with Gasteiger partial charge in [-0.2, -0.15) is 5.10 Å². The Kier molecular flexibility index (Phi) is 4.31. The molecule has 1 atom stereocenters. The highest BCUT2D eigenvalue weighted by Crippen LogP contribution is 2.28. The van der Waals surface area contributed by atoms with Crippen LogP contribution in [0.15, 0.2) is 59.2 Å². The average Bonchev–Trinajstić information content (AvgIpc) is 3.40. The first-order valence-corrected chi connectivity index (χ1v) is 8.89. The van der Waals surface area contributed by atoms with E-state index in [-0.39, 0.29) is 12.1 Å². The average molecular weight is 346 g/mol. The van der Waals surface area contributed by atoms with Gasteiger partial charge >= 0.3 is 0 Å². The van der Waals surface area contributed by atoms with Crippen molar-refractivity contribution in [2.24, 2.45) is 10.8 Å². The second kappa shape index (κ2) is 6.77. The van der Waals surface area contributed by atoms with E-state index in [1.165, 1.54) is 0 Å². The van der Waals surface area contributed by atoms with Gasteiger partial charge in [0, 0.05) is 17.2 Å². The monoisotopic (exact) mass is 346 g/mol. The number of amides is 1. The number of anilines is 1. The minimum atomic E-state index is -0.379. The first-order valence-electron chi connectivity index (χ1n) is 8.89. The third-order valence-electron chi connectivity index (χ3n) is 4.70. The third kappa shape index (κ3) is 3.39. The maximum atomic E-state index is 12.3. The van der Waals surface area contributed by atoms with Gasteiger partial charge in [0.25, 0.3) is 5.91 Å². The summed E-state index contributed by atoms with van der Waals surface area (Å²) in [5.41, 5.74) is 11.0. The molecule has 1 heterocycles. The van der Waals surface area contributed by atoms with Crippen molar-refractivity contribution in [3.63, 3.8) is 0 Å².